The van der Waals surface area contributed by atoms with Gasteiger partial charge in [0.1, 0.15) is 0 Å². The normalized spacial score (nSPS) is 11.2. The third-order valence-electron chi connectivity index (χ3n) is 3.24. The number of carbonyl (C=O) groups is 1. The van der Waals surface area contributed by atoms with E-state index in [0.29, 0.717) is 16.1 Å². The fourth-order valence-corrected chi connectivity index (χ4v) is 3.05. The number of alkyl halides is 2. The Labute approximate surface area is 147 Å². The van der Waals surface area contributed by atoms with Crippen LogP contribution >= 0.6 is 11.3 Å². The molecule has 0 bridgehead atoms. The molecule has 0 aliphatic carbocycles. The third-order valence-corrected chi connectivity index (χ3v) is 4.33. The fraction of sp³-hybridized carbons (Fsp3) is 0.294. The van der Waals surface area contributed by atoms with E-state index in [4.69, 9.17) is 9.47 Å². The number of ketones is 1. The molecule has 25 heavy (non-hydrogen) atoms. The van der Waals surface area contributed by atoms with Crippen molar-refractivity contribution in [2.24, 2.45) is 0 Å². The van der Waals surface area contributed by atoms with E-state index in [2.05, 4.69) is 9.72 Å². The van der Waals surface area contributed by atoms with E-state index >= 15 is 0 Å². The highest BCUT2D eigenvalue weighted by molar-refractivity contribution is 7.13. The second kappa shape index (κ2) is 8.06. The van der Waals surface area contributed by atoms with Crippen LogP contribution in [0.1, 0.15) is 25.9 Å². The van der Waals surface area contributed by atoms with Gasteiger partial charge in [0.05, 0.1) is 29.8 Å². The number of aromatic nitrogens is 1. The van der Waals surface area contributed by atoms with Crippen LogP contribution in [0.2, 0.25) is 0 Å². The summed E-state index contributed by atoms with van der Waals surface area (Å²) < 4.78 is 39.7. The summed E-state index contributed by atoms with van der Waals surface area (Å²) in [5.41, 5.74) is 1.22. The van der Waals surface area contributed by atoms with E-state index in [9.17, 15) is 13.6 Å². The van der Waals surface area contributed by atoms with Gasteiger partial charge >= 0.3 is 6.61 Å². The number of allylic oxidation sites excluding steroid dienone is 1. The number of aryl methyl sites for hydroxylation is 2. The summed E-state index contributed by atoms with van der Waals surface area (Å²) >= 11 is 1.32. The first-order valence-electron chi connectivity index (χ1n) is 7.23. The summed E-state index contributed by atoms with van der Waals surface area (Å²) in [5.74, 6) is -0.223. The van der Waals surface area contributed by atoms with Crippen molar-refractivity contribution in [3.05, 3.63) is 39.4 Å². The van der Waals surface area contributed by atoms with Gasteiger partial charge in [0.15, 0.2) is 17.3 Å². The molecule has 1 heterocycles. The lowest BCUT2D eigenvalue weighted by molar-refractivity contribution is -0.0526. The van der Waals surface area contributed by atoms with E-state index in [1.807, 2.05) is 6.92 Å². The molecule has 0 saturated carbocycles. The molecule has 0 fully saturated rings. The van der Waals surface area contributed by atoms with Crippen LogP contribution in [0.5, 0.6) is 17.2 Å². The molecule has 134 valence electrons. The van der Waals surface area contributed by atoms with Crippen molar-refractivity contribution >= 4 is 23.2 Å². The molecule has 8 heteroatoms. The second-order valence-electron chi connectivity index (χ2n) is 4.98. The topological polar surface area (TPSA) is 57.7 Å². The molecule has 2 rings (SSSR count). The van der Waals surface area contributed by atoms with Gasteiger partial charge in [-0.05, 0) is 37.6 Å². The lowest BCUT2D eigenvalue weighted by atomic mass is 10.1. The number of halogens is 2. The number of hydrogen-bond donors (Lipinski definition) is 0. The van der Waals surface area contributed by atoms with E-state index in [0.717, 1.165) is 5.01 Å². The Bertz CT molecular complexity index is 777. The quantitative estimate of drug-likeness (QED) is 0.539. The molecule has 0 aliphatic rings. The Hall–Kier alpha value is -2.48. The maximum atomic E-state index is 12.5. The van der Waals surface area contributed by atoms with Crippen LogP contribution in [0.4, 0.5) is 8.78 Å². The summed E-state index contributed by atoms with van der Waals surface area (Å²) in [7, 11) is 2.66. The molecular formula is C17H17F2NO4S. The van der Waals surface area contributed by atoms with Crippen molar-refractivity contribution in [3.63, 3.8) is 0 Å². The first kappa shape index (κ1) is 18.9. The summed E-state index contributed by atoms with van der Waals surface area (Å²) in [4.78, 5) is 17.0. The third kappa shape index (κ3) is 4.54. The Morgan fingerprint density at radius 3 is 2.24 bits per heavy atom. The number of hydrogen-bond acceptors (Lipinski definition) is 6. The predicted octanol–water partition coefficient (Wildman–Crippen LogP) is 4.27. The average Bonchev–Trinajstić information content (AvgIpc) is 2.91. The minimum atomic E-state index is -3.01. The minimum Gasteiger partial charge on any atom is -0.493 e. The molecule has 0 aliphatic heterocycles. The van der Waals surface area contributed by atoms with Crippen LogP contribution in [-0.2, 0) is 0 Å². The minimum absolute atomic E-state index is 0.0802. The number of ether oxygens (including phenoxy) is 3. The lowest BCUT2D eigenvalue weighted by Crippen LogP contribution is -2.05. The van der Waals surface area contributed by atoms with Gasteiger partial charge in [-0.25, -0.2) is 4.98 Å². The number of thiazole rings is 1. The zero-order valence-electron chi connectivity index (χ0n) is 14.1. The predicted molar refractivity (Wildman–Crippen MR) is 91.1 cm³/mol. The van der Waals surface area contributed by atoms with Crippen molar-refractivity contribution in [1.29, 1.82) is 0 Å². The van der Waals surface area contributed by atoms with Crippen LogP contribution in [0.3, 0.4) is 0 Å². The van der Waals surface area contributed by atoms with Crippen molar-refractivity contribution in [3.8, 4) is 17.2 Å². The van der Waals surface area contributed by atoms with Crippen LogP contribution in [0, 0.1) is 13.8 Å². The fourth-order valence-electron chi connectivity index (χ4n) is 2.21. The number of methoxy groups -OCH3 is 2. The summed E-state index contributed by atoms with van der Waals surface area (Å²) in [5, 5.41) is 0.811. The number of benzene rings is 1. The number of nitrogens with zero attached hydrogens (tertiary/aromatic N) is 1. The first-order valence-corrected chi connectivity index (χ1v) is 8.04. The van der Waals surface area contributed by atoms with Gasteiger partial charge in [0.25, 0.3) is 0 Å². The second-order valence-corrected chi connectivity index (χ2v) is 6.18. The molecule has 0 atom stereocenters. The number of rotatable bonds is 7. The Kier molecular flexibility index (Phi) is 6.08. The largest absolute Gasteiger partial charge is 0.493 e. The van der Waals surface area contributed by atoms with Gasteiger partial charge in [-0.3, -0.25) is 4.79 Å². The lowest BCUT2D eigenvalue weighted by Gasteiger charge is -2.14. The summed E-state index contributed by atoms with van der Waals surface area (Å²) in [6, 6.07) is 2.96. The molecule has 0 spiro atoms. The Morgan fingerprint density at radius 1 is 1.20 bits per heavy atom. The Morgan fingerprint density at radius 2 is 1.80 bits per heavy atom. The highest BCUT2D eigenvalue weighted by Gasteiger charge is 2.18. The molecule has 0 unspecified atom stereocenters. The highest BCUT2D eigenvalue weighted by Crippen LogP contribution is 2.39. The monoisotopic (exact) mass is 369 g/mol. The van der Waals surface area contributed by atoms with Crippen LogP contribution < -0.4 is 14.2 Å². The van der Waals surface area contributed by atoms with Gasteiger partial charge in [0.2, 0.25) is 5.75 Å². The molecule has 0 amide bonds. The van der Waals surface area contributed by atoms with Crippen molar-refractivity contribution in [2.75, 3.05) is 14.2 Å². The molecule has 1 aromatic carbocycles. The summed E-state index contributed by atoms with van der Waals surface area (Å²) in [6.45, 7) is 0.589. The van der Waals surface area contributed by atoms with Crippen LogP contribution in [-0.4, -0.2) is 31.6 Å². The van der Waals surface area contributed by atoms with Crippen molar-refractivity contribution < 1.29 is 27.8 Å². The standard InChI is InChI=1S/C17H17F2NO4S/c1-9-16(25-10(2)20-9)12(21)6-5-11-7-13(22-3)15(24-17(18)19)14(8-11)23-4/h5-8,17H,1-4H3/b6-5+. The van der Waals surface area contributed by atoms with E-state index < -0.39 is 6.61 Å². The van der Waals surface area contributed by atoms with E-state index in [1.165, 1.54) is 43.8 Å². The SMILES string of the molecule is COc1cc(/C=C/C(=O)c2sc(C)nc2C)cc(OC)c1OC(F)F. The van der Waals surface area contributed by atoms with Crippen molar-refractivity contribution in [2.45, 2.75) is 20.5 Å². The van der Waals surface area contributed by atoms with Gasteiger partial charge in [-0.2, -0.15) is 8.78 Å². The maximum absolute atomic E-state index is 12.5. The average molecular weight is 369 g/mol. The zero-order valence-corrected chi connectivity index (χ0v) is 14.9. The number of carbonyl (C=O) groups excluding carboxylic acids is 1. The van der Waals surface area contributed by atoms with Gasteiger partial charge < -0.3 is 14.2 Å². The molecule has 2 aromatic rings. The van der Waals surface area contributed by atoms with Gasteiger partial charge in [0, 0.05) is 0 Å². The van der Waals surface area contributed by atoms with E-state index in [1.54, 1.807) is 13.0 Å². The Balaban J connectivity index is 2.33. The molecule has 0 N–H and O–H groups in total. The van der Waals surface area contributed by atoms with Crippen LogP contribution in [0.25, 0.3) is 6.08 Å². The van der Waals surface area contributed by atoms with Crippen LogP contribution in [0.15, 0.2) is 18.2 Å². The molecule has 1 aromatic heterocycles. The first-order chi connectivity index (χ1) is 11.8. The molecule has 0 radical (unpaired) electrons. The van der Waals surface area contributed by atoms with Crippen molar-refractivity contribution in [1.82, 2.24) is 4.98 Å². The molecular weight excluding hydrogens is 352 g/mol. The highest BCUT2D eigenvalue weighted by atomic mass is 32.1. The summed E-state index contributed by atoms with van der Waals surface area (Å²) in [6.07, 6.45) is 2.94. The van der Waals surface area contributed by atoms with Gasteiger partial charge in [-0.1, -0.05) is 6.08 Å². The van der Waals surface area contributed by atoms with Gasteiger partial charge in [-0.15, -0.1) is 11.3 Å². The smallest absolute Gasteiger partial charge is 0.387 e. The molecule has 5 nitrogen and oxygen atoms in total. The zero-order chi connectivity index (χ0) is 18.6. The van der Waals surface area contributed by atoms with E-state index in [-0.39, 0.29) is 23.0 Å². The molecule has 0 saturated heterocycles. The maximum Gasteiger partial charge on any atom is 0.387 e.